The summed E-state index contributed by atoms with van der Waals surface area (Å²) in [7, 11) is -3.73. The molecule has 1 aromatic heterocycles. The third-order valence-electron chi connectivity index (χ3n) is 4.16. The number of nitrogens with one attached hydrogen (secondary N) is 3. The molecule has 0 radical (unpaired) electrons. The number of benzene rings is 2. The first-order valence-electron chi connectivity index (χ1n) is 8.44. The highest BCUT2D eigenvalue weighted by Gasteiger charge is 2.23. The van der Waals surface area contributed by atoms with E-state index in [-0.39, 0.29) is 16.6 Å². The topological polar surface area (TPSA) is 100 Å². The van der Waals surface area contributed by atoms with E-state index in [1.807, 2.05) is 24.3 Å². The van der Waals surface area contributed by atoms with E-state index in [9.17, 15) is 13.2 Å². The van der Waals surface area contributed by atoms with E-state index >= 15 is 0 Å². The SMILES string of the molecule is O=C1Nc2ccccc2C1=CNc1ccc(S(=O)(=O)Nc2ccccn2)cc1. The predicted molar refractivity (Wildman–Crippen MR) is 108 cm³/mol. The van der Waals surface area contributed by atoms with Crippen molar-refractivity contribution >= 4 is 38.7 Å². The van der Waals surface area contributed by atoms with E-state index in [1.54, 1.807) is 36.5 Å². The minimum atomic E-state index is -3.73. The maximum atomic E-state index is 12.4. The van der Waals surface area contributed by atoms with E-state index in [0.717, 1.165) is 11.3 Å². The van der Waals surface area contributed by atoms with E-state index in [2.05, 4.69) is 20.3 Å². The van der Waals surface area contributed by atoms with Gasteiger partial charge < -0.3 is 10.6 Å². The highest BCUT2D eigenvalue weighted by molar-refractivity contribution is 7.92. The highest BCUT2D eigenvalue weighted by Crippen LogP contribution is 2.31. The molecule has 0 fully saturated rings. The van der Waals surface area contributed by atoms with Crippen LogP contribution in [0.2, 0.25) is 0 Å². The van der Waals surface area contributed by atoms with Crippen molar-refractivity contribution in [3.05, 3.63) is 84.7 Å². The first-order valence-corrected chi connectivity index (χ1v) is 9.93. The van der Waals surface area contributed by atoms with Crippen LogP contribution in [-0.2, 0) is 14.8 Å². The van der Waals surface area contributed by atoms with Crippen LogP contribution >= 0.6 is 0 Å². The molecule has 2 heterocycles. The number of amides is 1. The molecule has 0 atom stereocenters. The molecule has 0 bridgehead atoms. The van der Waals surface area contributed by atoms with Gasteiger partial charge in [0.25, 0.3) is 15.9 Å². The first kappa shape index (κ1) is 17.7. The van der Waals surface area contributed by atoms with Gasteiger partial charge in [0.15, 0.2) is 0 Å². The molecule has 0 spiro atoms. The summed E-state index contributed by atoms with van der Waals surface area (Å²) < 4.78 is 27.3. The number of aromatic nitrogens is 1. The van der Waals surface area contributed by atoms with E-state index in [1.165, 1.54) is 18.3 Å². The van der Waals surface area contributed by atoms with Gasteiger partial charge in [-0.05, 0) is 42.5 Å². The van der Waals surface area contributed by atoms with Gasteiger partial charge in [0.2, 0.25) is 0 Å². The number of carbonyl (C=O) groups excluding carboxylic acids is 1. The summed E-state index contributed by atoms with van der Waals surface area (Å²) in [5.74, 6) is 0.0628. The molecule has 1 aliphatic heterocycles. The van der Waals surface area contributed by atoms with Gasteiger partial charge in [0.1, 0.15) is 5.82 Å². The van der Waals surface area contributed by atoms with Gasteiger partial charge in [-0.15, -0.1) is 0 Å². The molecular weight excluding hydrogens is 376 g/mol. The third kappa shape index (κ3) is 3.58. The lowest BCUT2D eigenvalue weighted by atomic mass is 10.1. The number of para-hydroxylation sites is 1. The molecule has 4 rings (SSSR count). The lowest BCUT2D eigenvalue weighted by Crippen LogP contribution is -2.13. The van der Waals surface area contributed by atoms with Crippen molar-refractivity contribution in [2.75, 3.05) is 15.4 Å². The quantitative estimate of drug-likeness (QED) is 0.579. The minimum Gasteiger partial charge on any atom is -0.361 e. The average Bonchev–Trinajstić information content (AvgIpc) is 3.02. The molecule has 0 unspecified atom stereocenters. The number of nitrogens with zero attached hydrogens (tertiary/aromatic N) is 1. The molecule has 0 aliphatic carbocycles. The van der Waals surface area contributed by atoms with Gasteiger partial charge >= 0.3 is 0 Å². The van der Waals surface area contributed by atoms with Gasteiger partial charge in [-0.25, -0.2) is 13.4 Å². The van der Waals surface area contributed by atoms with Crippen LogP contribution in [0.15, 0.2) is 84.0 Å². The van der Waals surface area contributed by atoms with E-state index < -0.39 is 10.0 Å². The first-order chi connectivity index (χ1) is 13.5. The van der Waals surface area contributed by atoms with Crippen LogP contribution in [0.25, 0.3) is 5.57 Å². The molecule has 3 N–H and O–H groups in total. The van der Waals surface area contributed by atoms with E-state index in [0.29, 0.717) is 11.3 Å². The Kier molecular flexibility index (Phi) is 4.54. The number of sulfonamides is 1. The van der Waals surface area contributed by atoms with Crippen molar-refractivity contribution < 1.29 is 13.2 Å². The Hall–Kier alpha value is -3.65. The summed E-state index contributed by atoms with van der Waals surface area (Å²) in [4.78, 5) is 16.2. The molecule has 7 nitrogen and oxygen atoms in total. The molecule has 28 heavy (non-hydrogen) atoms. The molecule has 2 aromatic carbocycles. The van der Waals surface area contributed by atoms with Crippen LogP contribution in [0.4, 0.5) is 17.2 Å². The zero-order valence-electron chi connectivity index (χ0n) is 14.6. The van der Waals surface area contributed by atoms with Crippen LogP contribution in [0.5, 0.6) is 0 Å². The second-order valence-corrected chi connectivity index (χ2v) is 7.73. The summed E-state index contributed by atoms with van der Waals surface area (Å²) in [6, 6.07) is 18.6. The number of hydrogen-bond donors (Lipinski definition) is 3. The number of carbonyl (C=O) groups is 1. The molecular formula is C20H16N4O3S. The van der Waals surface area contributed by atoms with Gasteiger partial charge in [-0.2, -0.15) is 0 Å². The summed E-state index contributed by atoms with van der Waals surface area (Å²) >= 11 is 0. The Morgan fingerprint density at radius 2 is 1.68 bits per heavy atom. The number of anilines is 3. The summed E-state index contributed by atoms with van der Waals surface area (Å²) in [6.07, 6.45) is 3.12. The Labute approximate surface area is 162 Å². The van der Waals surface area contributed by atoms with Gasteiger partial charge in [0, 0.05) is 29.3 Å². The standard InChI is InChI=1S/C20H16N4O3S/c25-20-17(16-5-1-2-6-18(16)23-20)13-22-14-8-10-15(11-9-14)28(26,27)24-19-7-3-4-12-21-19/h1-13,22H,(H,21,24)(H,23,25). The number of hydrogen-bond acceptors (Lipinski definition) is 5. The monoisotopic (exact) mass is 392 g/mol. The second kappa shape index (κ2) is 7.16. The van der Waals surface area contributed by atoms with Crippen molar-refractivity contribution in [2.24, 2.45) is 0 Å². The van der Waals surface area contributed by atoms with Crippen molar-refractivity contribution in [1.29, 1.82) is 0 Å². The average molecular weight is 392 g/mol. The Balaban J connectivity index is 1.50. The molecule has 3 aromatic rings. The van der Waals surface area contributed by atoms with Crippen molar-refractivity contribution in [3.8, 4) is 0 Å². The fourth-order valence-electron chi connectivity index (χ4n) is 2.79. The number of pyridine rings is 1. The largest absolute Gasteiger partial charge is 0.361 e. The van der Waals surface area contributed by atoms with Crippen LogP contribution in [0.3, 0.4) is 0 Å². The van der Waals surface area contributed by atoms with Gasteiger partial charge in [-0.1, -0.05) is 24.3 Å². The summed E-state index contributed by atoms with van der Waals surface area (Å²) in [6.45, 7) is 0. The van der Waals surface area contributed by atoms with Gasteiger partial charge in [0.05, 0.1) is 10.5 Å². The zero-order chi connectivity index (χ0) is 19.6. The van der Waals surface area contributed by atoms with Gasteiger partial charge in [-0.3, -0.25) is 9.52 Å². The lowest BCUT2D eigenvalue weighted by molar-refractivity contribution is -0.110. The summed E-state index contributed by atoms with van der Waals surface area (Å²) in [5.41, 5.74) is 2.76. The molecule has 1 aliphatic rings. The van der Waals surface area contributed by atoms with Crippen molar-refractivity contribution in [1.82, 2.24) is 4.98 Å². The maximum Gasteiger partial charge on any atom is 0.263 e. The van der Waals surface area contributed by atoms with Crippen LogP contribution in [0.1, 0.15) is 5.56 Å². The number of fused-ring (bicyclic) bond motifs is 1. The second-order valence-electron chi connectivity index (χ2n) is 6.05. The molecule has 0 saturated carbocycles. The molecule has 8 heteroatoms. The van der Waals surface area contributed by atoms with Crippen LogP contribution in [0, 0.1) is 0 Å². The normalized spacial score (nSPS) is 14.4. The van der Waals surface area contributed by atoms with Crippen molar-refractivity contribution in [2.45, 2.75) is 4.90 Å². The molecule has 1 amide bonds. The molecule has 0 saturated heterocycles. The summed E-state index contributed by atoms with van der Waals surface area (Å²) in [5, 5.41) is 5.83. The smallest absolute Gasteiger partial charge is 0.263 e. The van der Waals surface area contributed by atoms with E-state index in [4.69, 9.17) is 0 Å². The maximum absolute atomic E-state index is 12.4. The zero-order valence-corrected chi connectivity index (χ0v) is 15.4. The fraction of sp³-hybridized carbons (Fsp3) is 0. The Morgan fingerprint density at radius 3 is 2.43 bits per heavy atom. The Morgan fingerprint density at radius 1 is 0.929 bits per heavy atom. The third-order valence-corrected chi connectivity index (χ3v) is 5.53. The lowest BCUT2D eigenvalue weighted by Gasteiger charge is -2.08. The minimum absolute atomic E-state index is 0.111. The van der Waals surface area contributed by atoms with Crippen LogP contribution < -0.4 is 15.4 Å². The van der Waals surface area contributed by atoms with Crippen molar-refractivity contribution in [3.63, 3.8) is 0 Å². The molecule has 140 valence electrons. The fourth-order valence-corrected chi connectivity index (χ4v) is 3.80. The highest BCUT2D eigenvalue weighted by atomic mass is 32.2. The Bertz CT molecular complexity index is 1160. The number of rotatable bonds is 5. The predicted octanol–water partition coefficient (Wildman–Crippen LogP) is 3.29. The van der Waals surface area contributed by atoms with Crippen LogP contribution in [-0.4, -0.2) is 19.3 Å².